The summed E-state index contributed by atoms with van der Waals surface area (Å²) in [7, 11) is 0. The number of nitrogens with one attached hydrogen (secondary N) is 1. The standard InChI is InChI=1S/C14H18Cl2N4/c1-2-7-20-14(12(16)9-18-20)13(19-17)8-10-5-3-4-6-11(10)15/h3-6,9,13,19H,2,7-8,17H2,1H3. The first-order chi connectivity index (χ1) is 9.67. The summed E-state index contributed by atoms with van der Waals surface area (Å²) in [5.74, 6) is 5.70. The first kappa shape index (κ1) is 15.3. The zero-order valence-corrected chi connectivity index (χ0v) is 12.8. The SMILES string of the molecule is CCCn1ncc(Cl)c1C(Cc1ccccc1Cl)NN. The number of aryl methyl sites for hydroxylation is 1. The summed E-state index contributed by atoms with van der Waals surface area (Å²) < 4.78 is 1.89. The van der Waals surface area contributed by atoms with E-state index in [1.165, 1.54) is 0 Å². The summed E-state index contributed by atoms with van der Waals surface area (Å²) in [5, 5.41) is 5.64. The molecule has 6 heteroatoms. The average molecular weight is 313 g/mol. The van der Waals surface area contributed by atoms with Gasteiger partial charge in [-0.05, 0) is 24.5 Å². The van der Waals surface area contributed by atoms with E-state index in [1.54, 1.807) is 6.20 Å². The van der Waals surface area contributed by atoms with Crippen LogP contribution in [0, 0.1) is 0 Å². The molecule has 108 valence electrons. The monoisotopic (exact) mass is 312 g/mol. The smallest absolute Gasteiger partial charge is 0.0834 e. The number of halogens is 2. The number of nitrogens with zero attached hydrogens (tertiary/aromatic N) is 2. The lowest BCUT2D eigenvalue weighted by Gasteiger charge is -2.19. The lowest BCUT2D eigenvalue weighted by molar-refractivity contribution is 0.478. The Balaban J connectivity index is 2.29. The van der Waals surface area contributed by atoms with Crippen molar-refractivity contribution in [3.8, 4) is 0 Å². The molecule has 3 N–H and O–H groups in total. The Morgan fingerprint density at radius 3 is 2.70 bits per heavy atom. The average Bonchev–Trinajstić information content (AvgIpc) is 2.80. The summed E-state index contributed by atoms with van der Waals surface area (Å²) in [6, 6.07) is 7.60. The molecule has 0 amide bonds. The minimum atomic E-state index is -0.128. The van der Waals surface area contributed by atoms with Crippen LogP contribution in [0.25, 0.3) is 0 Å². The molecule has 0 aliphatic rings. The number of aromatic nitrogens is 2. The summed E-state index contributed by atoms with van der Waals surface area (Å²) in [4.78, 5) is 0. The van der Waals surface area contributed by atoms with Gasteiger partial charge in [-0.1, -0.05) is 48.3 Å². The summed E-state index contributed by atoms with van der Waals surface area (Å²) >= 11 is 12.5. The molecule has 0 radical (unpaired) electrons. The minimum absolute atomic E-state index is 0.128. The quantitative estimate of drug-likeness (QED) is 0.635. The normalized spacial score (nSPS) is 12.6. The van der Waals surface area contributed by atoms with Gasteiger partial charge in [-0.3, -0.25) is 16.0 Å². The van der Waals surface area contributed by atoms with Gasteiger partial charge in [0.2, 0.25) is 0 Å². The van der Waals surface area contributed by atoms with Gasteiger partial charge in [0.05, 0.1) is 23.0 Å². The van der Waals surface area contributed by atoms with Crippen LogP contribution in [0.5, 0.6) is 0 Å². The summed E-state index contributed by atoms with van der Waals surface area (Å²) in [5.41, 5.74) is 4.74. The number of rotatable bonds is 6. The van der Waals surface area contributed by atoms with Crippen LogP contribution in [-0.2, 0) is 13.0 Å². The van der Waals surface area contributed by atoms with Gasteiger partial charge in [-0.15, -0.1) is 0 Å². The largest absolute Gasteiger partial charge is 0.271 e. The van der Waals surface area contributed by atoms with Crippen molar-refractivity contribution in [2.45, 2.75) is 32.4 Å². The molecule has 20 heavy (non-hydrogen) atoms. The van der Waals surface area contributed by atoms with Crippen molar-refractivity contribution in [3.63, 3.8) is 0 Å². The Morgan fingerprint density at radius 1 is 1.30 bits per heavy atom. The molecule has 2 rings (SSSR count). The third-order valence-electron chi connectivity index (χ3n) is 3.18. The van der Waals surface area contributed by atoms with Crippen molar-refractivity contribution in [1.82, 2.24) is 15.2 Å². The molecule has 2 aromatic rings. The molecule has 4 nitrogen and oxygen atoms in total. The van der Waals surface area contributed by atoms with E-state index in [-0.39, 0.29) is 6.04 Å². The predicted molar refractivity (Wildman–Crippen MR) is 82.7 cm³/mol. The van der Waals surface area contributed by atoms with E-state index in [1.807, 2.05) is 28.9 Å². The van der Waals surface area contributed by atoms with Gasteiger partial charge in [-0.2, -0.15) is 5.10 Å². The Labute approximate surface area is 128 Å². The number of hydrazine groups is 1. The molecular formula is C14H18Cl2N4. The second kappa shape index (κ2) is 7.09. The molecule has 1 atom stereocenters. The van der Waals surface area contributed by atoms with Gasteiger partial charge < -0.3 is 0 Å². The van der Waals surface area contributed by atoms with Gasteiger partial charge in [0, 0.05) is 11.6 Å². The Bertz CT molecular complexity index is 568. The van der Waals surface area contributed by atoms with Crippen molar-refractivity contribution in [3.05, 3.63) is 51.8 Å². The first-order valence-electron chi connectivity index (χ1n) is 6.58. The second-order valence-electron chi connectivity index (χ2n) is 4.62. The zero-order valence-electron chi connectivity index (χ0n) is 11.3. The highest BCUT2D eigenvalue weighted by Gasteiger charge is 2.20. The van der Waals surface area contributed by atoms with E-state index in [4.69, 9.17) is 29.0 Å². The molecule has 1 aromatic carbocycles. The summed E-state index contributed by atoms with van der Waals surface area (Å²) in [6.07, 6.45) is 3.29. The Morgan fingerprint density at radius 2 is 2.05 bits per heavy atom. The minimum Gasteiger partial charge on any atom is -0.271 e. The predicted octanol–water partition coefficient (Wildman–Crippen LogP) is 3.35. The first-order valence-corrected chi connectivity index (χ1v) is 7.33. The van der Waals surface area contributed by atoms with Crippen LogP contribution < -0.4 is 11.3 Å². The van der Waals surface area contributed by atoms with Crippen molar-refractivity contribution in [2.24, 2.45) is 5.84 Å². The van der Waals surface area contributed by atoms with E-state index in [0.717, 1.165) is 29.2 Å². The highest BCUT2D eigenvalue weighted by Crippen LogP contribution is 2.27. The van der Waals surface area contributed by atoms with E-state index >= 15 is 0 Å². The maximum Gasteiger partial charge on any atom is 0.0834 e. The molecule has 0 fully saturated rings. The maximum absolute atomic E-state index is 6.25. The third kappa shape index (κ3) is 3.33. The van der Waals surface area contributed by atoms with Crippen LogP contribution in [0.15, 0.2) is 30.5 Å². The molecular weight excluding hydrogens is 295 g/mol. The van der Waals surface area contributed by atoms with Gasteiger partial charge in [0.15, 0.2) is 0 Å². The van der Waals surface area contributed by atoms with Crippen LogP contribution in [0.4, 0.5) is 0 Å². The molecule has 1 aromatic heterocycles. The van der Waals surface area contributed by atoms with Crippen LogP contribution in [-0.4, -0.2) is 9.78 Å². The van der Waals surface area contributed by atoms with Crippen molar-refractivity contribution >= 4 is 23.2 Å². The fourth-order valence-corrected chi connectivity index (χ4v) is 2.71. The van der Waals surface area contributed by atoms with Crippen molar-refractivity contribution in [1.29, 1.82) is 0 Å². The number of hydrogen-bond donors (Lipinski definition) is 2. The lowest BCUT2D eigenvalue weighted by Crippen LogP contribution is -2.31. The summed E-state index contributed by atoms with van der Waals surface area (Å²) in [6.45, 7) is 2.90. The molecule has 0 bridgehead atoms. The van der Waals surface area contributed by atoms with Crippen LogP contribution in [0.1, 0.15) is 30.6 Å². The third-order valence-corrected chi connectivity index (χ3v) is 3.84. The molecule has 0 aliphatic heterocycles. The Kier molecular flexibility index (Phi) is 5.43. The van der Waals surface area contributed by atoms with E-state index in [0.29, 0.717) is 11.4 Å². The molecule has 1 heterocycles. The van der Waals surface area contributed by atoms with Gasteiger partial charge in [-0.25, -0.2) is 0 Å². The van der Waals surface area contributed by atoms with Crippen molar-refractivity contribution in [2.75, 3.05) is 0 Å². The highest BCUT2D eigenvalue weighted by molar-refractivity contribution is 6.31. The number of benzene rings is 1. The van der Waals surface area contributed by atoms with E-state index in [9.17, 15) is 0 Å². The maximum atomic E-state index is 6.25. The molecule has 0 saturated heterocycles. The molecule has 0 saturated carbocycles. The zero-order chi connectivity index (χ0) is 14.5. The van der Waals surface area contributed by atoms with Gasteiger partial charge in [0.25, 0.3) is 0 Å². The molecule has 0 aliphatic carbocycles. The Hall–Kier alpha value is -1.07. The van der Waals surface area contributed by atoms with Gasteiger partial charge >= 0.3 is 0 Å². The van der Waals surface area contributed by atoms with Crippen LogP contribution in [0.3, 0.4) is 0 Å². The second-order valence-corrected chi connectivity index (χ2v) is 5.43. The van der Waals surface area contributed by atoms with Crippen LogP contribution >= 0.6 is 23.2 Å². The fraction of sp³-hybridized carbons (Fsp3) is 0.357. The van der Waals surface area contributed by atoms with Gasteiger partial charge in [0.1, 0.15) is 0 Å². The number of nitrogens with two attached hydrogens (primary N) is 1. The molecule has 0 spiro atoms. The van der Waals surface area contributed by atoms with E-state index < -0.39 is 0 Å². The van der Waals surface area contributed by atoms with Crippen molar-refractivity contribution < 1.29 is 0 Å². The lowest BCUT2D eigenvalue weighted by atomic mass is 10.0. The number of hydrogen-bond acceptors (Lipinski definition) is 3. The van der Waals surface area contributed by atoms with E-state index in [2.05, 4.69) is 17.4 Å². The molecule has 1 unspecified atom stereocenters. The fourth-order valence-electron chi connectivity index (χ4n) is 2.23. The topological polar surface area (TPSA) is 55.9 Å². The van der Waals surface area contributed by atoms with Crippen LogP contribution in [0.2, 0.25) is 10.0 Å². The highest BCUT2D eigenvalue weighted by atomic mass is 35.5.